The Balaban J connectivity index is 2.53. The van der Waals surface area contributed by atoms with Crippen molar-refractivity contribution < 1.29 is 4.39 Å². The zero-order valence-electron chi connectivity index (χ0n) is 7.48. The van der Waals surface area contributed by atoms with Gasteiger partial charge >= 0.3 is 0 Å². The van der Waals surface area contributed by atoms with Crippen LogP contribution in [0.1, 0.15) is 0 Å². The molecule has 1 aromatic heterocycles. The summed E-state index contributed by atoms with van der Waals surface area (Å²) < 4.78 is 14.4. The quantitative estimate of drug-likeness (QED) is 0.673. The zero-order valence-corrected chi connectivity index (χ0v) is 7.48. The minimum absolute atomic E-state index is 0.0884. The van der Waals surface area contributed by atoms with Crippen LogP contribution in [0.25, 0.3) is 11.4 Å². The van der Waals surface area contributed by atoms with Crippen LogP contribution in [0.15, 0.2) is 18.2 Å². The van der Waals surface area contributed by atoms with Gasteiger partial charge in [-0.25, -0.2) is 9.07 Å². The van der Waals surface area contributed by atoms with Gasteiger partial charge < -0.3 is 5.73 Å². The fourth-order valence-corrected chi connectivity index (χ4v) is 1.16. The van der Waals surface area contributed by atoms with Gasteiger partial charge in [0.25, 0.3) is 0 Å². The van der Waals surface area contributed by atoms with Gasteiger partial charge in [0.15, 0.2) is 5.82 Å². The van der Waals surface area contributed by atoms with Crippen LogP contribution in [-0.2, 0) is 7.05 Å². The normalized spacial score (nSPS) is 10.4. The summed E-state index contributed by atoms with van der Waals surface area (Å²) in [7, 11) is 1.70. The summed E-state index contributed by atoms with van der Waals surface area (Å²) in [4.78, 5) is 0. The van der Waals surface area contributed by atoms with E-state index in [4.69, 9.17) is 5.73 Å². The van der Waals surface area contributed by atoms with E-state index >= 15 is 0 Å². The molecule has 2 aromatic rings. The summed E-state index contributed by atoms with van der Waals surface area (Å²) in [6, 6.07) is 4.37. The average Bonchev–Trinajstić information content (AvgIpc) is 2.57. The maximum Gasteiger partial charge on any atom is 0.181 e. The van der Waals surface area contributed by atoms with E-state index in [1.54, 1.807) is 13.1 Å². The number of anilines is 1. The number of halogens is 1. The van der Waals surface area contributed by atoms with Crippen molar-refractivity contribution in [2.24, 2.45) is 7.05 Å². The monoisotopic (exact) mass is 193 g/mol. The lowest BCUT2D eigenvalue weighted by Crippen LogP contribution is -1.96. The SMILES string of the molecule is Cn1nnnc1-c1ccc(F)c(N)c1. The van der Waals surface area contributed by atoms with Crippen LogP contribution in [0.3, 0.4) is 0 Å². The first-order chi connectivity index (χ1) is 6.68. The van der Waals surface area contributed by atoms with Crippen LogP contribution < -0.4 is 5.73 Å². The third-order valence-electron chi connectivity index (χ3n) is 1.87. The highest BCUT2D eigenvalue weighted by Gasteiger charge is 2.07. The van der Waals surface area contributed by atoms with E-state index in [0.717, 1.165) is 0 Å². The molecule has 72 valence electrons. The third-order valence-corrected chi connectivity index (χ3v) is 1.87. The number of hydrogen-bond donors (Lipinski definition) is 1. The highest BCUT2D eigenvalue weighted by molar-refractivity contribution is 5.61. The van der Waals surface area contributed by atoms with Gasteiger partial charge in [-0.15, -0.1) is 5.10 Å². The highest BCUT2D eigenvalue weighted by atomic mass is 19.1. The molecule has 0 atom stereocenters. The van der Waals surface area contributed by atoms with Crippen molar-refractivity contribution in [3.8, 4) is 11.4 Å². The molecule has 0 fully saturated rings. The number of benzene rings is 1. The molecule has 0 radical (unpaired) electrons. The lowest BCUT2D eigenvalue weighted by atomic mass is 10.2. The number of nitrogens with zero attached hydrogens (tertiary/aromatic N) is 4. The predicted molar refractivity (Wildman–Crippen MR) is 48.6 cm³/mol. The summed E-state index contributed by atoms with van der Waals surface area (Å²) in [5.74, 6) is 0.112. The molecule has 0 spiro atoms. The van der Waals surface area contributed by atoms with Crippen molar-refractivity contribution in [1.29, 1.82) is 0 Å². The van der Waals surface area contributed by atoms with Crippen molar-refractivity contribution in [2.75, 3.05) is 5.73 Å². The van der Waals surface area contributed by atoms with Crippen LogP contribution in [0.5, 0.6) is 0 Å². The van der Waals surface area contributed by atoms with Gasteiger partial charge in [0.1, 0.15) is 5.82 Å². The first kappa shape index (κ1) is 8.61. The summed E-state index contributed by atoms with van der Waals surface area (Å²) >= 11 is 0. The molecule has 0 saturated carbocycles. The number of rotatable bonds is 1. The second-order valence-electron chi connectivity index (χ2n) is 2.86. The number of nitrogen functional groups attached to an aromatic ring is 1. The fraction of sp³-hybridized carbons (Fsp3) is 0.125. The maximum atomic E-state index is 12.9. The highest BCUT2D eigenvalue weighted by Crippen LogP contribution is 2.19. The molecular weight excluding hydrogens is 185 g/mol. The van der Waals surface area contributed by atoms with Crippen LogP contribution in [-0.4, -0.2) is 20.2 Å². The molecule has 0 unspecified atom stereocenters. The van der Waals surface area contributed by atoms with Crippen LogP contribution >= 0.6 is 0 Å². The standard InChI is InChI=1S/C8H8FN5/c1-14-8(11-12-13-14)5-2-3-6(9)7(10)4-5/h2-4H,10H2,1H3. The Hall–Kier alpha value is -1.98. The number of nitrogens with two attached hydrogens (primary N) is 1. The average molecular weight is 193 g/mol. The molecule has 1 heterocycles. The van der Waals surface area contributed by atoms with Gasteiger partial charge in [0.2, 0.25) is 0 Å². The Morgan fingerprint density at radius 2 is 2.21 bits per heavy atom. The predicted octanol–water partition coefficient (Wildman–Crippen LogP) is 0.598. The first-order valence-corrected chi connectivity index (χ1v) is 3.96. The van der Waals surface area contributed by atoms with Crippen LogP contribution in [0.4, 0.5) is 10.1 Å². The van der Waals surface area contributed by atoms with E-state index in [1.807, 2.05) is 0 Å². The summed E-state index contributed by atoms with van der Waals surface area (Å²) in [5.41, 5.74) is 6.20. The van der Waals surface area contributed by atoms with Crippen LogP contribution in [0, 0.1) is 5.82 Å². The molecule has 1 aromatic carbocycles. The Morgan fingerprint density at radius 1 is 1.43 bits per heavy atom. The smallest absolute Gasteiger partial charge is 0.181 e. The molecule has 0 aliphatic heterocycles. The Morgan fingerprint density at radius 3 is 2.79 bits per heavy atom. The molecule has 0 amide bonds. The van der Waals surface area contributed by atoms with E-state index in [1.165, 1.54) is 16.8 Å². The molecule has 14 heavy (non-hydrogen) atoms. The Kier molecular flexibility index (Phi) is 1.88. The molecule has 5 nitrogen and oxygen atoms in total. The molecule has 6 heteroatoms. The minimum Gasteiger partial charge on any atom is -0.396 e. The van der Waals surface area contributed by atoms with Crippen molar-refractivity contribution in [3.63, 3.8) is 0 Å². The molecule has 0 bridgehead atoms. The minimum atomic E-state index is -0.441. The maximum absolute atomic E-state index is 12.9. The van der Waals surface area contributed by atoms with Gasteiger partial charge in [0.05, 0.1) is 5.69 Å². The van der Waals surface area contributed by atoms with Crippen molar-refractivity contribution in [2.45, 2.75) is 0 Å². The van der Waals surface area contributed by atoms with Gasteiger partial charge in [0, 0.05) is 12.6 Å². The van der Waals surface area contributed by atoms with Crippen molar-refractivity contribution in [1.82, 2.24) is 20.2 Å². The van der Waals surface area contributed by atoms with E-state index in [0.29, 0.717) is 11.4 Å². The molecule has 2 N–H and O–H groups in total. The van der Waals surface area contributed by atoms with Crippen molar-refractivity contribution >= 4 is 5.69 Å². The topological polar surface area (TPSA) is 69.6 Å². The summed E-state index contributed by atoms with van der Waals surface area (Å²) in [6.45, 7) is 0. The largest absolute Gasteiger partial charge is 0.396 e. The van der Waals surface area contributed by atoms with E-state index < -0.39 is 5.82 Å². The second-order valence-corrected chi connectivity index (χ2v) is 2.86. The lowest BCUT2D eigenvalue weighted by molar-refractivity contribution is 0.632. The molecule has 2 rings (SSSR count). The Labute approximate surface area is 79.3 Å². The Bertz CT molecular complexity index is 465. The number of tetrazole rings is 1. The first-order valence-electron chi connectivity index (χ1n) is 3.96. The fourth-order valence-electron chi connectivity index (χ4n) is 1.16. The number of hydrogen-bond acceptors (Lipinski definition) is 4. The summed E-state index contributed by atoms with van der Waals surface area (Å²) in [6.07, 6.45) is 0. The van der Waals surface area contributed by atoms with E-state index in [2.05, 4.69) is 15.5 Å². The zero-order chi connectivity index (χ0) is 10.1. The van der Waals surface area contributed by atoms with Crippen molar-refractivity contribution in [3.05, 3.63) is 24.0 Å². The lowest BCUT2D eigenvalue weighted by Gasteiger charge is -2.00. The van der Waals surface area contributed by atoms with Gasteiger partial charge in [-0.3, -0.25) is 0 Å². The molecule has 0 aliphatic rings. The summed E-state index contributed by atoms with van der Waals surface area (Å²) in [5, 5.41) is 10.9. The van der Waals surface area contributed by atoms with Crippen LogP contribution in [0.2, 0.25) is 0 Å². The number of aryl methyl sites for hydroxylation is 1. The second kappa shape index (κ2) is 3.06. The van der Waals surface area contributed by atoms with Gasteiger partial charge in [-0.2, -0.15) is 0 Å². The van der Waals surface area contributed by atoms with Gasteiger partial charge in [-0.05, 0) is 28.6 Å². The molecule has 0 aliphatic carbocycles. The van der Waals surface area contributed by atoms with E-state index in [-0.39, 0.29) is 5.69 Å². The van der Waals surface area contributed by atoms with E-state index in [9.17, 15) is 4.39 Å². The number of aromatic nitrogens is 4. The molecule has 0 saturated heterocycles. The molecular formula is C8H8FN5. The van der Waals surface area contributed by atoms with Gasteiger partial charge in [-0.1, -0.05) is 0 Å². The third kappa shape index (κ3) is 1.30.